The zero-order valence-corrected chi connectivity index (χ0v) is 14.1. The lowest BCUT2D eigenvalue weighted by Crippen LogP contribution is -2.39. The number of carbonyl (C=O) groups excluding carboxylic acids is 1. The van der Waals surface area contributed by atoms with Gasteiger partial charge >= 0.3 is 0 Å². The SMILES string of the molecule is CCN(CC1CCCCO1)C(=O)c1ccc2c(ccn2CC)c1. The Balaban J connectivity index is 1.76. The number of rotatable bonds is 5. The van der Waals surface area contributed by atoms with E-state index in [4.69, 9.17) is 4.74 Å². The van der Waals surface area contributed by atoms with Crippen molar-refractivity contribution in [1.82, 2.24) is 9.47 Å². The second-order valence-corrected chi connectivity index (χ2v) is 6.21. The maximum atomic E-state index is 12.8. The molecule has 0 saturated carbocycles. The molecular weight excluding hydrogens is 288 g/mol. The van der Waals surface area contributed by atoms with E-state index >= 15 is 0 Å². The van der Waals surface area contributed by atoms with Crippen LogP contribution in [0.4, 0.5) is 0 Å². The van der Waals surface area contributed by atoms with Gasteiger partial charge in [-0.05, 0) is 57.4 Å². The molecule has 1 amide bonds. The Labute approximate surface area is 138 Å². The van der Waals surface area contributed by atoms with Crippen LogP contribution in [0.1, 0.15) is 43.5 Å². The highest BCUT2D eigenvalue weighted by Gasteiger charge is 2.21. The number of benzene rings is 1. The van der Waals surface area contributed by atoms with Gasteiger partial charge in [-0.25, -0.2) is 0 Å². The molecule has 1 atom stereocenters. The van der Waals surface area contributed by atoms with Crippen LogP contribution in [0.5, 0.6) is 0 Å². The summed E-state index contributed by atoms with van der Waals surface area (Å²) in [4.78, 5) is 14.7. The van der Waals surface area contributed by atoms with Crippen molar-refractivity contribution in [3.8, 4) is 0 Å². The maximum Gasteiger partial charge on any atom is 0.253 e. The minimum absolute atomic E-state index is 0.104. The molecule has 1 aliphatic heterocycles. The molecule has 2 heterocycles. The van der Waals surface area contributed by atoms with E-state index in [1.165, 1.54) is 11.9 Å². The van der Waals surface area contributed by atoms with Crippen LogP contribution in [0, 0.1) is 0 Å². The molecule has 124 valence electrons. The molecule has 1 aromatic carbocycles. The van der Waals surface area contributed by atoms with Gasteiger partial charge in [-0.2, -0.15) is 0 Å². The van der Waals surface area contributed by atoms with Crippen LogP contribution in [0.3, 0.4) is 0 Å². The summed E-state index contributed by atoms with van der Waals surface area (Å²) < 4.78 is 7.98. The molecule has 0 N–H and O–H groups in total. The van der Waals surface area contributed by atoms with Crippen molar-refractivity contribution >= 4 is 16.8 Å². The predicted molar refractivity (Wildman–Crippen MR) is 92.8 cm³/mol. The van der Waals surface area contributed by atoms with E-state index in [2.05, 4.69) is 29.8 Å². The van der Waals surface area contributed by atoms with Gasteiger partial charge in [-0.1, -0.05) is 0 Å². The standard InChI is InChI=1S/C19H26N2O2/c1-3-20-11-10-15-13-16(8-9-18(15)20)19(22)21(4-2)14-17-7-5-6-12-23-17/h8-11,13,17H,3-7,12,14H2,1-2H3. The maximum absolute atomic E-state index is 12.8. The van der Waals surface area contributed by atoms with Crippen LogP contribution in [0.25, 0.3) is 10.9 Å². The normalized spacial score (nSPS) is 18.3. The Morgan fingerprint density at radius 3 is 2.87 bits per heavy atom. The Bertz CT molecular complexity index is 671. The Hall–Kier alpha value is -1.81. The zero-order valence-electron chi connectivity index (χ0n) is 14.1. The second kappa shape index (κ2) is 7.18. The number of aryl methyl sites for hydroxylation is 1. The van der Waals surface area contributed by atoms with Gasteiger partial charge in [0.15, 0.2) is 0 Å². The van der Waals surface area contributed by atoms with Crippen molar-refractivity contribution in [3.05, 3.63) is 36.0 Å². The Kier molecular flexibility index (Phi) is 5.01. The minimum atomic E-state index is 0.104. The molecule has 2 aromatic rings. The highest BCUT2D eigenvalue weighted by atomic mass is 16.5. The number of fused-ring (bicyclic) bond motifs is 1. The molecule has 1 unspecified atom stereocenters. The van der Waals surface area contributed by atoms with Crippen molar-refractivity contribution in [2.75, 3.05) is 19.7 Å². The number of amides is 1. The summed E-state index contributed by atoms with van der Waals surface area (Å²) in [6.07, 6.45) is 5.67. The largest absolute Gasteiger partial charge is 0.376 e. The molecule has 3 rings (SSSR count). The molecule has 1 aromatic heterocycles. The molecule has 1 saturated heterocycles. The lowest BCUT2D eigenvalue weighted by Gasteiger charge is -2.29. The van der Waals surface area contributed by atoms with Crippen LogP contribution in [-0.2, 0) is 11.3 Å². The fourth-order valence-electron chi connectivity index (χ4n) is 3.34. The van der Waals surface area contributed by atoms with Gasteiger partial charge in [-0.15, -0.1) is 0 Å². The van der Waals surface area contributed by atoms with Gasteiger partial charge in [-0.3, -0.25) is 4.79 Å². The number of nitrogens with zero attached hydrogens (tertiary/aromatic N) is 2. The summed E-state index contributed by atoms with van der Waals surface area (Å²) in [5.41, 5.74) is 1.95. The average molecular weight is 314 g/mol. The van der Waals surface area contributed by atoms with Crippen LogP contribution in [0.15, 0.2) is 30.5 Å². The van der Waals surface area contributed by atoms with Crippen molar-refractivity contribution in [2.24, 2.45) is 0 Å². The third-order valence-corrected chi connectivity index (χ3v) is 4.73. The van der Waals surface area contributed by atoms with Gasteiger partial charge in [0.1, 0.15) is 0 Å². The quantitative estimate of drug-likeness (QED) is 0.843. The van der Waals surface area contributed by atoms with Crippen molar-refractivity contribution in [3.63, 3.8) is 0 Å². The molecule has 0 radical (unpaired) electrons. The molecule has 23 heavy (non-hydrogen) atoms. The average Bonchev–Trinajstić information content (AvgIpc) is 3.02. The highest BCUT2D eigenvalue weighted by Crippen LogP contribution is 2.20. The second-order valence-electron chi connectivity index (χ2n) is 6.21. The topological polar surface area (TPSA) is 34.5 Å². The van der Waals surface area contributed by atoms with E-state index in [1.54, 1.807) is 0 Å². The zero-order chi connectivity index (χ0) is 16.2. The molecule has 1 fully saturated rings. The highest BCUT2D eigenvalue weighted by molar-refractivity contribution is 5.98. The summed E-state index contributed by atoms with van der Waals surface area (Å²) in [5, 5.41) is 1.13. The Morgan fingerprint density at radius 2 is 2.17 bits per heavy atom. The number of hydrogen-bond acceptors (Lipinski definition) is 2. The van der Waals surface area contributed by atoms with Crippen LogP contribution >= 0.6 is 0 Å². The lowest BCUT2D eigenvalue weighted by atomic mass is 10.1. The smallest absolute Gasteiger partial charge is 0.253 e. The molecular formula is C19H26N2O2. The number of carbonyl (C=O) groups is 1. The predicted octanol–water partition coefficient (Wildman–Crippen LogP) is 3.69. The minimum Gasteiger partial charge on any atom is -0.376 e. The molecule has 1 aliphatic rings. The first kappa shape index (κ1) is 16.1. The van der Waals surface area contributed by atoms with E-state index in [-0.39, 0.29) is 12.0 Å². The van der Waals surface area contributed by atoms with Crippen molar-refractivity contribution in [1.29, 1.82) is 0 Å². The number of ether oxygens (including phenoxy) is 1. The van der Waals surface area contributed by atoms with Crippen LogP contribution in [-0.4, -0.2) is 41.2 Å². The van der Waals surface area contributed by atoms with Gasteiger partial charge < -0.3 is 14.2 Å². The van der Waals surface area contributed by atoms with Crippen LogP contribution < -0.4 is 0 Å². The summed E-state index contributed by atoms with van der Waals surface area (Å²) in [7, 11) is 0. The van der Waals surface area contributed by atoms with Crippen molar-refractivity contribution in [2.45, 2.75) is 45.8 Å². The fraction of sp³-hybridized carbons (Fsp3) is 0.526. The molecule has 4 nitrogen and oxygen atoms in total. The molecule has 0 bridgehead atoms. The van der Waals surface area contributed by atoms with E-state index < -0.39 is 0 Å². The summed E-state index contributed by atoms with van der Waals surface area (Å²) >= 11 is 0. The monoisotopic (exact) mass is 314 g/mol. The number of hydrogen-bond donors (Lipinski definition) is 0. The van der Waals surface area contributed by atoms with E-state index in [0.717, 1.165) is 36.9 Å². The first-order chi connectivity index (χ1) is 11.2. The molecule has 0 spiro atoms. The van der Waals surface area contributed by atoms with Crippen LogP contribution in [0.2, 0.25) is 0 Å². The van der Waals surface area contributed by atoms with Gasteiger partial charge in [0, 0.05) is 48.9 Å². The fourth-order valence-corrected chi connectivity index (χ4v) is 3.34. The first-order valence-electron chi connectivity index (χ1n) is 8.72. The summed E-state index contributed by atoms with van der Waals surface area (Å²) in [6.45, 7) is 7.34. The van der Waals surface area contributed by atoms with E-state index in [0.29, 0.717) is 13.1 Å². The Morgan fingerprint density at radius 1 is 1.30 bits per heavy atom. The van der Waals surface area contributed by atoms with E-state index in [9.17, 15) is 4.79 Å². The van der Waals surface area contributed by atoms with Gasteiger partial charge in [0.2, 0.25) is 0 Å². The third-order valence-electron chi connectivity index (χ3n) is 4.73. The first-order valence-corrected chi connectivity index (χ1v) is 8.72. The molecule has 4 heteroatoms. The van der Waals surface area contributed by atoms with Crippen molar-refractivity contribution < 1.29 is 9.53 Å². The van der Waals surface area contributed by atoms with Gasteiger partial charge in [0.25, 0.3) is 5.91 Å². The third kappa shape index (κ3) is 3.42. The number of likely N-dealkylation sites (N-methyl/N-ethyl adjacent to an activating group) is 1. The molecule has 0 aliphatic carbocycles. The summed E-state index contributed by atoms with van der Waals surface area (Å²) in [5.74, 6) is 0.104. The number of aromatic nitrogens is 1. The van der Waals surface area contributed by atoms with Gasteiger partial charge in [0.05, 0.1) is 6.10 Å². The van der Waals surface area contributed by atoms with E-state index in [1.807, 2.05) is 24.0 Å². The lowest BCUT2D eigenvalue weighted by molar-refractivity contribution is -0.00311. The summed E-state index contributed by atoms with van der Waals surface area (Å²) in [6, 6.07) is 8.09.